The molecule has 0 aromatic heterocycles. The minimum absolute atomic E-state index is 0.0576. The predicted molar refractivity (Wildman–Crippen MR) is 70.8 cm³/mol. The van der Waals surface area contributed by atoms with Crippen molar-refractivity contribution >= 4 is 11.9 Å². The van der Waals surface area contributed by atoms with Crippen molar-refractivity contribution in [2.75, 3.05) is 26.7 Å². The maximum absolute atomic E-state index is 11.5. The van der Waals surface area contributed by atoms with Crippen LogP contribution >= 0.6 is 0 Å². The van der Waals surface area contributed by atoms with Crippen LogP contribution in [0.4, 0.5) is 0 Å². The molecule has 0 radical (unpaired) electrons. The molecule has 1 unspecified atom stereocenters. The molecule has 5 nitrogen and oxygen atoms in total. The summed E-state index contributed by atoms with van der Waals surface area (Å²) in [6, 6.07) is 7.37. The summed E-state index contributed by atoms with van der Waals surface area (Å²) in [5.74, 6) is -0.267. The van der Waals surface area contributed by atoms with Crippen LogP contribution in [0.2, 0.25) is 0 Å². The molecule has 0 spiro atoms. The monoisotopic (exact) mass is 262 g/mol. The number of hydrogen-bond acceptors (Lipinski definition) is 4. The zero-order valence-electron chi connectivity index (χ0n) is 11.2. The van der Waals surface area contributed by atoms with Crippen LogP contribution in [-0.2, 0) is 9.53 Å². The third-order valence-corrected chi connectivity index (χ3v) is 3.33. The van der Waals surface area contributed by atoms with E-state index in [-0.39, 0.29) is 17.9 Å². The summed E-state index contributed by atoms with van der Waals surface area (Å²) in [5.41, 5.74) is 1.52. The van der Waals surface area contributed by atoms with E-state index in [1.165, 1.54) is 7.11 Å². The van der Waals surface area contributed by atoms with E-state index in [2.05, 4.69) is 5.32 Å². The molecule has 5 heteroatoms. The summed E-state index contributed by atoms with van der Waals surface area (Å²) in [6.45, 7) is 3.68. The number of carbonyl (C=O) groups is 2. The molecule has 1 amide bonds. The van der Waals surface area contributed by atoms with Gasteiger partial charge in [0.15, 0.2) is 0 Å². The summed E-state index contributed by atoms with van der Waals surface area (Å²) in [6.07, 6.45) is 0. The molecule has 0 bridgehead atoms. The standard InChI is InChI=1S/C14H18N2O3/c1-10(17)16-7-6-15-13(9-16)11-4-3-5-12(8-11)14(18)19-2/h3-5,8,13,15H,6-7,9H2,1-2H3. The second-order valence-electron chi connectivity index (χ2n) is 4.59. The van der Waals surface area contributed by atoms with Crippen molar-refractivity contribution in [3.63, 3.8) is 0 Å². The summed E-state index contributed by atoms with van der Waals surface area (Å²) < 4.78 is 4.71. The van der Waals surface area contributed by atoms with Gasteiger partial charge in [-0.05, 0) is 17.7 Å². The lowest BCUT2D eigenvalue weighted by molar-refractivity contribution is -0.130. The van der Waals surface area contributed by atoms with Gasteiger partial charge in [-0.3, -0.25) is 4.79 Å². The van der Waals surface area contributed by atoms with Gasteiger partial charge in [-0.2, -0.15) is 0 Å². The van der Waals surface area contributed by atoms with Crippen LogP contribution in [0, 0.1) is 0 Å². The van der Waals surface area contributed by atoms with Crippen molar-refractivity contribution < 1.29 is 14.3 Å². The van der Waals surface area contributed by atoms with Gasteiger partial charge in [-0.1, -0.05) is 12.1 Å². The molecule has 1 aliphatic rings. The molecular formula is C14H18N2O3. The third kappa shape index (κ3) is 3.12. The van der Waals surface area contributed by atoms with Crippen molar-refractivity contribution in [3.8, 4) is 0 Å². The van der Waals surface area contributed by atoms with Gasteiger partial charge in [-0.15, -0.1) is 0 Å². The molecule has 1 heterocycles. The number of methoxy groups -OCH3 is 1. The number of nitrogens with one attached hydrogen (secondary N) is 1. The SMILES string of the molecule is COC(=O)c1cccc(C2CN(C(C)=O)CCN2)c1. The molecular weight excluding hydrogens is 244 g/mol. The molecule has 102 valence electrons. The first-order chi connectivity index (χ1) is 9.11. The largest absolute Gasteiger partial charge is 0.465 e. The van der Waals surface area contributed by atoms with Crippen molar-refractivity contribution in [1.29, 1.82) is 0 Å². The van der Waals surface area contributed by atoms with Crippen LogP contribution in [-0.4, -0.2) is 43.5 Å². The Morgan fingerprint density at radius 1 is 1.42 bits per heavy atom. The number of nitrogens with zero attached hydrogens (tertiary/aromatic N) is 1. The normalized spacial score (nSPS) is 19.1. The molecule has 1 aromatic rings. The second kappa shape index (κ2) is 5.84. The predicted octanol–water partition coefficient (Wildman–Crippen LogP) is 0.966. The molecule has 2 rings (SSSR count). The van der Waals surface area contributed by atoms with Gasteiger partial charge in [0, 0.05) is 32.6 Å². The average molecular weight is 262 g/mol. The molecule has 1 fully saturated rings. The maximum atomic E-state index is 11.5. The Hall–Kier alpha value is -1.88. The van der Waals surface area contributed by atoms with Crippen LogP contribution in [0.1, 0.15) is 28.9 Å². The van der Waals surface area contributed by atoms with Gasteiger partial charge in [-0.25, -0.2) is 4.79 Å². The maximum Gasteiger partial charge on any atom is 0.337 e. The number of hydrogen-bond donors (Lipinski definition) is 1. The molecule has 1 aliphatic heterocycles. The van der Waals surface area contributed by atoms with Crippen molar-refractivity contribution in [2.24, 2.45) is 0 Å². The summed E-state index contributed by atoms with van der Waals surface area (Å²) in [5, 5.41) is 3.36. The van der Waals surface area contributed by atoms with Crippen molar-refractivity contribution in [2.45, 2.75) is 13.0 Å². The zero-order valence-corrected chi connectivity index (χ0v) is 11.2. The molecule has 1 N–H and O–H groups in total. The van der Waals surface area contributed by atoms with E-state index in [1.54, 1.807) is 13.0 Å². The van der Waals surface area contributed by atoms with Gasteiger partial charge >= 0.3 is 5.97 Å². The quantitative estimate of drug-likeness (QED) is 0.807. The molecule has 0 saturated carbocycles. The van der Waals surface area contributed by atoms with Crippen LogP contribution < -0.4 is 5.32 Å². The lowest BCUT2D eigenvalue weighted by Crippen LogP contribution is -2.47. The van der Waals surface area contributed by atoms with Gasteiger partial charge in [0.1, 0.15) is 0 Å². The fourth-order valence-corrected chi connectivity index (χ4v) is 2.26. The Kier molecular flexibility index (Phi) is 4.16. The lowest BCUT2D eigenvalue weighted by atomic mass is 10.0. The lowest BCUT2D eigenvalue weighted by Gasteiger charge is -2.33. The zero-order chi connectivity index (χ0) is 13.8. The van der Waals surface area contributed by atoms with E-state index in [0.29, 0.717) is 12.1 Å². The number of piperazine rings is 1. The van der Waals surface area contributed by atoms with Crippen LogP contribution in [0.5, 0.6) is 0 Å². The van der Waals surface area contributed by atoms with Gasteiger partial charge < -0.3 is 15.0 Å². The Bertz CT molecular complexity index is 487. The van der Waals surface area contributed by atoms with E-state index in [1.807, 2.05) is 23.1 Å². The first-order valence-electron chi connectivity index (χ1n) is 6.29. The van der Waals surface area contributed by atoms with Crippen LogP contribution in [0.15, 0.2) is 24.3 Å². The topological polar surface area (TPSA) is 58.6 Å². The highest BCUT2D eigenvalue weighted by atomic mass is 16.5. The van der Waals surface area contributed by atoms with E-state index < -0.39 is 0 Å². The van der Waals surface area contributed by atoms with Crippen molar-refractivity contribution in [3.05, 3.63) is 35.4 Å². The Morgan fingerprint density at radius 3 is 2.89 bits per heavy atom. The average Bonchev–Trinajstić information content (AvgIpc) is 2.46. The van der Waals surface area contributed by atoms with Gasteiger partial charge in [0.2, 0.25) is 5.91 Å². The molecule has 1 atom stereocenters. The van der Waals surface area contributed by atoms with Gasteiger partial charge in [0.25, 0.3) is 0 Å². The number of amides is 1. The Labute approximate surface area is 112 Å². The Balaban J connectivity index is 2.17. The number of benzene rings is 1. The molecule has 1 saturated heterocycles. The fourth-order valence-electron chi connectivity index (χ4n) is 2.26. The first-order valence-corrected chi connectivity index (χ1v) is 6.29. The van der Waals surface area contributed by atoms with Gasteiger partial charge in [0.05, 0.1) is 12.7 Å². The molecule has 1 aromatic carbocycles. The smallest absolute Gasteiger partial charge is 0.337 e. The molecule has 19 heavy (non-hydrogen) atoms. The summed E-state index contributed by atoms with van der Waals surface area (Å²) in [7, 11) is 1.37. The van der Waals surface area contributed by atoms with E-state index in [9.17, 15) is 9.59 Å². The summed E-state index contributed by atoms with van der Waals surface area (Å²) >= 11 is 0. The van der Waals surface area contributed by atoms with Crippen LogP contribution in [0.25, 0.3) is 0 Å². The number of rotatable bonds is 2. The minimum Gasteiger partial charge on any atom is -0.465 e. The second-order valence-corrected chi connectivity index (χ2v) is 4.59. The van der Waals surface area contributed by atoms with E-state index >= 15 is 0 Å². The van der Waals surface area contributed by atoms with Crippen molar-refractivity contribution in [1.82, 2.24) is 10.2 Å². The third-order valence-electron chi connectivity index (χ3n) is 3.33. The number of carbonyl (C=O) groups excluding carboxylic acids is 2. The minimum atomic E-state index is -0.346. The van der Waals surface area contributed by atoms with E-state index in [4.69, 9.17) is 4.74 Å². The van der Waals surface area contributed by atoms with Crippen LogP contribution in [0.3, 0.4) is 0 Å². The Morgan fingerprint density at radius 2 is 2.21 bits per heavy atom. The molecule has 0 aliphatic carbocycles. The first kappa shape index (κ1) is 13.5. The highest BCUT2D eigenvalue weighted by Crippen LogP contribution is 2.19. The summed E-state index contributed by atoms with van der Waals surface area (Å²) in [4.78, 5) is 24.7. The highest BCUT2D eigenvalue weighted by molar-refractivity contribution is 5.89. The number of ether oxygens (including phenoxy) is 1. The van der Waals surface area contributed by atoms with E-state index in [0.717, 1.165) is 18.7 Å². The fraction of sp³-hybridized carbons (Fsp3) is 0.429. The highest BCUT2D eigenvalue weighted by Gasteiger charge is 2.22. The number of esters is 1.